The first-order valence-corrected chi connectivity index (χ1v) is 5.73. The predicted molar refractivity (Wildman–Crippen MR) is 68.5 cm³/mol. The summed E-state index contributed by atoms with van der Waals surface area (Å²) >= 11 is 5.96. The maximum Gasteiger partial charge on any atom is 0.344 e. The van der Waals surface area contributed by atoms with Gasteiger partial charge in [-0.1, -0.05) is 17.7 Å². The zero-order valence-corrected chi connectivity index (χ0v) is 10.7. The van der Waals surface area contributed by atoms with E-state index in [1.54, 1.807) is 24.4 Å². The van der Waals surface area contributed by atoms with Gasteiger partial charge in [0.15, 0.2) is 17.7 Å². The van der Waals surface area contributed by atoms with Crippen LogP contribution in [0.3, 0.4) is 0 Å². The molecule has 0 aliphatic heterocycles. The Bertz CT molecular complexity index is 599. The van der Waals surface area contributed by atoms with Gasteiger partial charge < -0.3 is 15.6 Å². The number of carbonyl (C=O) groups is 1. The Kier molecular flexibility index (Phi) is 3.57. The third-order valence-electron chi connectivity index (χ3n) is 2.33. The van der Waals surface area contributed by atoms with E-state index in [0.717, 1.165) is 0 Å². The number of aromatic nitrogens is 3. The molecule has 0 aromatic carbocycles. The monoisotopic (exact) mass is 282 g/mol. The molecule has 0 bridgehead atoms. The Balaban J connectivity index is 2.36. The van der Waals surface area contributed by atoms with Crippen LogP contribution in [0.5, 0.6) is 5.88 Å². The van der Waals surface area contributed by atoms with E-state index < -0.39 is 12.1 Å². The number of nitrogens with zero attached hydrogens (tertiary/aromatic N) is 3. The molecule has 0 spiro atoms. The van der Waals surface area contributed by atoms with Crippen molar-refractivity contribution in [2.45, 2.75) is 13.0 Å². The second-order valence-corrected chi connectivity index (χ2v) is 4.08. The second-order valence-electron chi connectivity index (χ2n) is 3.70. The molecule has 2 rings (SSSR count). The Labute approximate surface area is 113 Å². The maximum absolute atomic E-state index is 10.7. The van der Waals surface area contributed by atoms with Gasteiger partial charge in [-0.05, 0) is 19.1 Å². The quantitative estimate of drug-likeness (QED) is 0.877. The van der Waals surface area contributed by atoms with Crippen molar-refractivity contribution in [3.05, 3.63) is 29.4 Å². The maximum atomic E-state index is 10.7. The highest BCUT2D eigenvalue weighted by atomic mass is 35.5. The highest BCUT2D eigenvalue weighted by molar-refractivity contribution is 6.34. The number of pyridine rings is 1. The highest BCUT2D eigenvalue weighted by Crippen LogP contribution is 2.31. The molecule has 0 amide bonds. The van der Waals surface area contributed by atoms with Gasteiger partial charge in [-0.3, -0.25) is 0 Å². The van der Waals surface area contributed by atoms with Crippen molar-refractivity contribution in [1.29, 1.82) is 0 Å². The van der Waals surface area contributed by atoms with Crippen molar-refractivity contribution < 1.29 is 14.6 Å². The van der Waals surface area contributed by atoms with Crippen LogP contribution < -0.4 is 10.5 Å². The fourth-order valence-corrected chi connectivity index (χ4v) is 1.50. The number of rotatable bonds is 4. The first kappa shape index (κ1) is 13.2. The first-order valence-electron chi connectivity index (χ1n) is 5.35. The number of hydrogen-bond donors (Lipinski definition) is 2. The van der Waals surface area contributed by atoms with E-state index in [0.29, 0.717) is 5.82 Å². The number of anilines is 1. The molecular formula is C11H11ClN4O3. The zero-order chi connectivity index (χ0) is 14.0. The van der Waals surface area contributed by atoms with E-state index >= 15 is 0 Å². The summed E-state index contributed by atoms with van der Waals surface area (Å²) in [4.78, 5) is 14.8. The van der Waals surface area contributed by atoms with Gasteiger partial charge in [-0.15, -0.1) is 5.10 Å². The number of hydrogen-bond acceptors (Lipinski definition) is 5. The van der Waals surface area contributed by atoms with Gasteiger partial charge in [0.05, 0.1) is 0 Å². The summed E-state index contributed by atoms with van der Waals surface area (Å²) in [6.07, 6.45) is 0.495. The Morgan fingerprint density at radius 1 is 1.58 bits per heavy atom. The largest absolute Gasteiger partial charge is 0.479 e. The van der Waals surface area contributed by atoms with Crippen LogP contribution in [0.2, 0.25) is 5.02 Å². The number of nitrogens with two attached hydrogens (primary N) is 1. The minimum atomic E-state index is -1.12. The third kappa shape index (κ3) is 2.60. The topological polar surface area (TPSA) is 103 Å². The normalized spacial score (nSPS) is 12.1. The number of carboxylic acid groups (broad SMARTS) is 1. The van der Waals surface area contributed by atoms with E-state index in [1.807, 2.05) is 0 Å². The minimum absolute atomic E-state index is 0.0419. The van der Waals surface area contributed by atoms with Gasteiger partial charge in [-0.25, -0.2) is 9.78 Å². The minimum Gasteiger partial charge on any atom is -0.479 e. The Hall–Kier alpha value is -2.28. The molecule has 2 heterocycles. The van der Waals surface area contributed by atoms with E-state index in [2.05, 4.69) is 10.1 Å². The molecule has 0 radical (unpaired) electrons. The van der Waals surface area contributed by atoms with Gasteiger partial charge in [0.2, 0.25) is 0 Å². The first-order chi connectivity index (χ1) is 9.00. The van der Waals surface area contributed by atoms with Crippen LogP contribution >= 0.6 is 11.6 Å². The average molecular weight is 283 g/mol. The lowest BCUT2D eigenvalue weighted by atomic mass is 10.4. The van der Waals surface area contributed by atoms with E-state index in [1.165, 1.54) is 11.6 Å². The van der Waals surface area contributed by atoms with Gasteiger partial charge >= 0.3 is 5.97 Å². The van der Waals surface area contributed by atoms with Crippen LogP contribution in [0.4, 0.5) is 5.82 Å². The highest BCUT2D eigenvalue weighted by Gasteiger charge is 2.21. The summed E-state index contributed by atoms with van der Waals surface area (Å²) in [5, 5.41) is 12.8. The van der Waals surface area contributed by atoms with Crippen LogP contribution in [0.15, 0.2) is 24.4 Å². The van der Waals surface area contributed by atoms with Crippen LogP contribution in [-0.4, -0.2) is 31.9 Å². The molecule has 2 aromatic heterocycles. The number of carboxylic acids is 1. The van der Waals surface area contributed by atoms with E-state index in [-0.39, 0.29) is 16.7 Å². The zero-order valence-electron chi connectivity index (χ0n) is 9.95. The molecule has 7 nitrogen and oxygen atoms in total. The van der Waals surface area contributed by atoms with Gasteiger partial charge in [0.1, 0.15) is 5.02 Å². The van der Waals surface area contributed by atoms with Crippen LogP contribution in [0.25, 0.3) is 5.82 Å². The van der Waals surface area contributed by atoms with Crippen molar-refractivity contribution in [3.8, 4) is 11.7 Å². The number of ether oxygens (including phenoxy) is 1. The summed E-state index contributed by atoms with van der Waals surface area (Å²) in [5.41, 5.74) is 5.79. The lowest BCUT2D eigenvalue weighted by Gasteiger charge is -2.06. The van der Waals surface area contributed by atoms with Crippen molar-refractivity contribution >= 4 is 23.4 Å². The van der Waals surface area contributed by atoms with Crippen LogP contribution in [0.1, 0.15) is 6.92 Å². The molecule has 1 unspecified atom stereocenters. The number of aliphatic carboxylic acids is 1. The molecule has 1 atom stereocenters. The molecule has 19 heavy (non-hydrogen) atoms. The fourth-order valence-electron chi connectivity index (χ4n) is 1.34. The van der Waals surface area contributed by atoms with Gasteiger partial charge in [0, 0.05) is 6.20 Å². The Morgan fingerprint density at radius 3 is 2.89 bits per heavy atom. The summed E-state index contributed by atoms with van der Waals surface area (Å²) in [7, 11) is 0. The molecule has 0 saturated carbocycles. The molecule has 2 aromatic rings. The van der Waals surface area contributed by atoms with Crippen LogP contribution in [-0.2, 0) is 4.79 Å². The SMILES string of the molecule is CC(Oc1nn(-c2ccccn2)c(N)c1Cl)C(=O)O. The summed E-state index contributed by atoms with van der Waals surface area (Å²) in [5.74, 6) is -0.575. The van der Waals surface area contributed by atoms with Crippen molar-refractivity contribution in [2.75, 3.05) is 5.73 Å². The van der Waals surface area contributed by atoms with Crippen molar-refractivity contribution in [3.63, 3.8) is 0 Å². The lowest BCUT2D eigenvalue weighted by molar-refractivity contribution is -0.144. The molecule has 0 fully saturated rings. The standard InChI is InChI=1S/C11H11ClN4O3/c1-6(11(17)18)19-10-8(12)9(13)16(15-10)7-4-2-3-5-14-7/h2-6H,13H2,1H3,(H,17,18). The third-order valence-corrected chi connectivity index (χ3v) is 2.69. The summed E-state index contributed by atoms with van der Waals surface area (Å²) < 4.78 is 6.40. The molecular weight excluding hydrogens is 272 g/mol. The summed E-state index contributed by atoms with van der Waals surface area (Å²) in [6.45, 7) is 1.37. The molecule has 100 valence electrons. The molecule has 3 N–H and O–H groups in total. The van der Waals surface area contributed by atoms with Gasteiger partial charge in [-0.2, -0.15) is 4.68 Å². The molecule has 8 heteroatoms. The fraction of sp³-hybridized carbons (Fsp3) is 0.182. The lowest BCUT2D eigenvalue weighted by Crippen LogP contribution is -2.23. The van der Waals surface area contributed by atoms with E-state index in [9.17, 15) is 4.79 Å². The number of nitrogen functional groups attached to an aromatic ring is 1. The Morgan fingerprint density at radius 2 is 2.32 bits per heavy atom. The van der Waals surface area contributed by atoms with Crippen LogP contribution in [0, 0.1) is 0 Å². The predicted octanol–water partition coefficient (Wildman–Crippen LogP) is 1.35. The summed E-state index contributed by atoms with van der Waals surface area (Å²) in [6, 6.07) is 5.19. The van der Waals surface area contributed by atoms with E-state index in [4.69, 9.17) is 27.2 Å². The van der Waals surface area contributed by atoms with Crippen molar-refractivity contribution in [2.24, 2.45) is 0 Å². The van der Waals surface area contributed by atoms with Crippen molar-refractivity contribution in [1.82, 2.24) is 14.8 Å². The molecule has 0 saturated heterocycles. The average Bonchev–Trinajstić information content (AvgIpc) is 2.68. The molecule has 0 aliphatic rings. The number of halogens is 1. The smallest absolute Gasteiger partial charge is 0.344 e. The van der Waals surface area contributed by atoms with Gasteiger partial charge in [0.25, 0.3) is 5.88 Å². The molecule has 0 aliphatic carbocycles. The second kappa shape index (κ2) is 5.15.